The number of benzene rings is 2. The van der Waals surface area contributed by atoms with Crippen LogP contribution in [0.1, 0.15) is 20.8 Å². The summed E-state index contributed by atoms with van der Waals surface area (Å²) in [7, 11) is 1.33. The largest absolute Gasteiger partial charge is 0.465 e. The number of methoxy groups -OCH3 is 1. The lowest BCUT2D eigenvalue weighted by Gasteiger charge is -2.11. The van der Waals surface area contributed by atoms with Crippen molar-refractivity contribution in [2.45, 2.75) is 0 Å². The molecule has 0 spiro atoms. The third-order valence-corrected chi connectivity index (χ3v) is 4.49. The second kappa shape index (κ2) is 8.40. The Balaban J connectivity index is 1.51. The first-order valence-corrected chi connectivity index (χ1v) is 9.21. The zero-order valence-corrected chi connectivity index (χ0v) is 16.1. The van der Waals surface area contributed by atoms with Crippen LogP contribution in [0.5, 0.6) is 0 Å². The van der Waals surface area contributed by atoms with E-state index < -0.39 is 5.97 Å². The van der Waals surface area contributed by atoms with Gasteiger partial charge in [0.15, 0.2) is 0 Å². The van der Waals surface area contributed by atoms with Crippen molar-refractivity contribution in [3.8, 4) is 0 Å². The summed E-state index contributed by atoms with van der Waals surface area (Å²) in [6.07, 6.45) is 3.22. The number of ether oxygens (including phenoxy) is 1. The molecular weight excluding hydrogens is 380 g/mol. The Hall–Kier alpha value is -4.26. The number of nitrogens with zero attached hydrogens (tertiary/aromatic N) is 2. The van der Waals surface area contributed by atoms with Gasteiger partial charge in [-0.2, -0.15) is 0 Å². The molecule has 0 aliphatic rings. The van der Waals surface area contributed by atoms with Gasteiger partial charge >= 0.3 is 5.97 Å². The van der Waals surface area contributed by atoms with E-state index in [0.29, 0.717) is 28.1 Å². The second-order valence-corrected chi connectivity index (χ2v) is 6.43. The topological polar surface area (TPSA) is 93.2 Å². The number of pyridine rings is 2. The first-order chi connectivity index (χ1) is 14.7. The molecule has 0 radical (unpaired) electrons. The minimum Gasteiger partial charge on any atom is -0.465 e. The smallest absolute Gasteiger partial charge is 0.339 e. The minimum absolute atomic E-state index is 0.259. The maximum absolute atomic E-state index is 12.6. The van der Waals surface area contributed by atoms with Gasteiger partial charge in [0.1, 0.15) is 5.69 Å². The molecule has 2 heterocycles. The minimum atomic E-state index is -0.439. The van der Waals surface area contributed by atoms with Crippen molar-refractivity contribution in [1.82, 2.24) is 9.97 Å². The number of carbonyl (C=O) groups excluding carboxylic acids is 2. The highest BCUT2D eigenvalue weighted by atomic mass is 16.5. The van der Waals surface area contributed by atoms with Crippen LogP contribution in [-0.4, -0.2) is 29.0 Å². The Labute approximate surface area is 172 Å². The number of aromatic nitrogens is 2. The fraction of sp³-hybridized carbons (Fsp3) is 0.0435. The van der Waals surface area contributed by atoms with E-state index in [9.17, 15) is 9.59 Å². The van der Waals surface area contributed by atoms with Crippen molar-refractivity contribution in [1.29, 1.82) is 0 Å². The lowest BCUT2D eigenvalue weighted by Crippen LogP contribution is -2.14. The van der Waals surface area contributed by atoms with Crippen LogP contribution in [0.2, 0.25) is 0 Å². The second-order valence-electron chi connectivity index (χ2n) is 6.43. The Morgan fingerprint density at radius 2 is 1.67 bits per heavy atom. The highest BCUT2D eigenvalue weighted by molar-refractivity contribution is 6.07. The van der Waals surface area contributed by atoms with Crippen LogP contribution in [0.25, 0.3) is 10.9 Å². The van der Waals surface area contributed by atoms with E-state index in [1.807, 2.05) is 30.3 Å². The Morgan fingerprint density at radius 3 is 2.47 bits per heavy atom. The zero-order valence-electron chi connectivity index (χ0n) is 16.1. The van der Waals surface area contributed by atoms with Crippen LogP contribution in [0.15, 0.2) is 79.1 Å². The quantitative estimate of drug-likeness (QED) is 0.484. The fourth-order valence-electron chi connectivity index (χ4n) is 3.03. The molecule has 1 amide bonds. The van der Waals surface area contributed by atoms with Gasteiger partial charge in [0, 0.05) is 11.6 Å². The molecule has 2 N–H and O–H groups in total. The van der Waals surface area contributed by atoms with E-state index in [-0.39, 0.29) is 11.6 Å². The summed E-state index contributed by atoms with van der Waals surface area (Å²) >= 11 is 0. The predicted octanol–water partition coefficient (Wildman–Crippen LogP) is 4.41. The average molecular weight is 398 g/mol. The first kappa shape index (κ1) is 19.1. The molecule has 0 unspecified atom stereocenters. The summed E-state index contributed by atoms with van der Waals surface area (Å²) < 4.78 is 4.80. The van der Waals surface area contributed by atoms with Gasteiger partial charge in [0.2, 0.25) is 0 Å². The van der Waals surface area contributed by atoms with Crippen LogP contribution in [0, 0.1) is 0 Å². The molecule has 0 aliphatic heterocycles. The van der Waals surface area contributed by atoms with Crippen molar-refractivity contribution in [2.75, 3.05) is 17.7 Å². The van der Waals surface area contributed by atoms with Gasteiger partial charge in [0.25, 0.3) is 5.91 Å². The molecule has 0 fully saturated rings. The van der Waals surface area contributed by atoms with E-state index in [4.69, 9.17) is 4.74 Å². The number of nitrogens with one attached hydrogen (secondary N) is 2. The van der Waals surface area contributed by atoms with Crippen molar-refractivity contribution in [3.05, 3.63) is 90.4 Å². The Bertz CT molecular complexity index is 1220. The van der Waals surface area contributed by atoms with Gasteiger partial charge in [-0.25, -0.2) is 9.78 Å². The normalized spacial score (nSPS) is 10.4. The summed E-state index contributed by atoms with van der Waals surface area (Å²) in [5.41, 5.74) is 3.22. The first-order valence-electron chi connectivity index (χ1n) is 9.21. The standard InChI is InChI=1S/C23H18N4O3/c1-30-23(29)17-8-2-3-9-18(17)26-16-11-12-20(25-14-16)22(28)27-19-10-4-6-15-7-5-13-24-21(15)19/h2-14,26H,1H3,(H,27,28). The molecule has 0 saturated heterocycles. The number of para-hydroxylation sites is 2. The number of esters is 1. The number of fused-ring (bicyclic) bond motifs is 1. The van der Waals surface area contributed by atoms with E-state index in [1.54, 1.807) is 42.6 Å². The molecule has 4 aromatic rings. The van der Waals surface area contributed by atoms with Crippen molar-refractivity contribution >= 4 is 39.8 Å². The molecule has 148 valence electrons. The highest BCUT2D eigenvalue weighted by Gasteiger charge is 2.13. The van der Waals surface area contributed by atoms with Crippen molar-refractivity contribution in [3.63, 3.8) is 0 Å². The molecule has 7 nitrogen and oxygen atoms in total. The number of carbonyl (C=O) groups is 2. The monoisotopic (exact) mass is 398 g/mol. The summed E-state index contributed by atoms with van der Waals surface area (Å²) in [6.45, 7) is 0. The van der Waals surface area contributed by atoms with Gasteiger partial charge in [-0.3, -0.25) is 9.78 Å². The summed E-state index contributed by atoms with van der Waals surface area (Å²) in [4.78, 5) is 33.1. The third kappa shape index (κ3) is 3.95. The molecule has 0 bridgehead atoms. The summed E-state index contributed by atoms with van der Waals surface area (Å²) in [6, 6.07) is 19.7. The molecule has 0 atom stereocenters. The Kier molecular flexibility index (Phi) is 5.34. The van der Waals surface area contributed by atoms with Gasteiger partial charge in [0.05, 0.1) is 41.4 Å². The molecule has 0 saturated carbocycles. The molecule has 0 aliphatic carbocycles. The van der Waals surface area contributed by atoms with Crippen LogP contribution in [-0.2, 0) is 4.74 Å². The molecule has 2 aromatic carbocycles. The molecule has 2 aromatic heterocycles. The lowest BCUT2D eigenvalue weighted by molar-refractivity contribution is 0.0601. The maximum Gasteiger partial charge on any atom is 0.339 e. The zero-order chi connectivity index (χ0) is 20.9. The van der Waals surface area contributed by atoms with Gasteiger partial charge in [-0.1, -0.05) is 30.3 Å². The lowest BCUT2D eigenvalue weighted by atomic mass is 10.1. The van der Waals surface area contributed by atoms with Crippen LogP contribution >= 0.6 is 0 Å². The molecular formula is C23H18N4O3. The van der Waals surface area contributed by atoms with Gasteiger partial charge in [-0.15, -0.1) is 0 Å². The van der Waals surface area contributed by atoms with Crippen molar-refractivity contribution < 1.29 is 14.3 Å². The SMILES string of the molecule is COC(=O)c1ccccc1Nc1ccc(C(=O)Nc2cccc3cccnc23)nc1. The maximum atomic E-state index is 12.6. The molecule has 30 heavy (non-hydrogen) atoms. The fourth-order valence-corrected chi connectivity index (χ4v) is 3.03. The number of hydrogen-bond acceptors (Lipinski definition) is 6. The van der Waals surface area contributed by atoms with Crippen LogP contribution in [0.3, 0.4) is 0 Å². The summed E-state index contributed by atoms with van der Waals surface area (Å²) in [5, 5.41) is 6.92. The van der Waals surface area contributed by atoms with E-state index in [2.05, 4.69) is 20.6 Å². The van der Waals surface area contributed by atoms with E-state index in [1.165, 1.54) is 13.3 Å². The van der Waals surface area contributed by atoms with Crippen LogP contribution < -0.4 is 10.6 Å². The number of rotatable bonds is 5. The van der Waals surface area contributed by atoms with Gasteiger partial charge in [-0.05, 0) is 36.4 Å². The van der Waals surface area contributed by atoms with Crippen LogP contribution in [0.4, 0.5) is 17.1 Å². The average Bonchev–Trinajstić information content (AvgIpc) is 2.79. The number of anilines is 3. The predicted molar refractivity (Wildman–Crippen MR) is 115 cm³/mol. The molecule has 7 heteroatoms. The Morgan fingerprint density at radius 1 is 0.867 bits per heavy atom. The highest BCUT2D eigenvalue weighted by Crippen LogP contribution is 2.23. The van der Waals surface area contributed by atoms with Crippen molar-refractivity contribution in [2.24, 2.45) is 0 Å². The van der Waals surface area contributed by atoms with E-state index in [0.717, 1.165) is 5.39 Å². The number of hydrogen-bond donors (Lipinski definition) is 2. The summed E-state index contributed by atoms with van der Waals surface area (Å²) in [5.74, 6) is -0.777. The van der Waals surface area contributed by atoms with Gasteiger partial charge < -0.3 is 15.4 Å². The third-order valence-electron chi connectivity index (χ3n) is 4.49. The van der Waals surface area contributed by atoms with E-state index >= 15 is 0 Å². The number of amides is 1. The molecule has 4 rings (SSSR count).